The molecule has 0 heterocycles. The molecule has 0 aromatic heterocycles. The molecule has 0 fully saturated rings. The molecule has 4 rings (SSSR count). The van der Waals surface area contributed by atoms with Crippen molar-refractivity contribution >= 4 is 0 Å². The molecule has 0 amide bonds. The molecule has 0 atom stereocenters. The molecule has 0 unspecified atom stereocenters. The third-order valence-corrected chi connectivity index (χ3v) is 6.40. The van der Waals surface area contributed by atoms with E-state index >= 15 is 0 Å². The van der Waals surface area contributed by atoms with E-state index < -0.39 is 0 Å². The van der Waals surface area contributed by atoms with Crippen LogP contribution in [0.5, 0.6) is 5.75 Å². The van der Waals surface area contributed by atoms with E-state index in [1.54, 1.807) is 0 Å². The van der Waals surface area contributed by atoms with Crippen molar-refractivity contribution in [3.8, 4) is 5.75 Å². The summed E-state index contributed by atoms with van der Waals surface area (Å²) in [5, 5.41) is 10.9. The molecule has 1 nitrogen and oxygen atoms in total. The Hall–Kier alpha value is -3.32. The van der Waals surface area contributed by atoms with Gasteiger partial charge in [-0.2, -0.15) is 0 Å². The van der Waals surface area contributed by atoms with Gasteiger partial charge in [0.25, 0.3) is 0 Å². The van der Waals surface area contributed by atoms with Crippen LogP contribution in [0.3, 0.4) is 0 Å². The van der Waals surface area contributed by atoms with E-state index in [1.165, 1.54) is 44.5 Å². The van der Waals surface area contributed by atoms with E-state index in [4.69, 9.17) is 0 Å². The summed E-state index contributed by atoms with van der Waals surface area (Å²) < 4.78 is 0. The maximum atomic E-state index is 10.9. The van der Waals surface area contributed by atoms with Crippen LogP contribution < -0.4 is 0 Å². The van der Waals surface area contributed by atoms with Crippen LogP contribution >= 0.6 is 0 Å². The lowest BCUT2D eigenvalue weighted by atomic mass is 9.86. The lowest BCUT2D eigenvalue weighted by Gasteiger charge is -2.19. The van der Waals surface area contributed by atoms with Crippen molar-refractivity contribution in [1.29, 1.82) is 0 Å². The maximum absolute atomic E-state index is 10.9. The second-order valence-corrected chi connectivity index (χ2v) is 8.51. The molecule has 4 aromatic carbocycles. The van der Waals surface area contributed by atoms with Gasteiger partial charge in [0, 0.05) is 12.0 Å². The van der Waals surface area contributed by atoms with E-state index in [0.717, 1.165) is 24.8 Å². The number of hydrogen-bond donors (Lipinski definition) is 1. The number of phenolic OH excluding ortho intramolecular Hbond substituents is 1. The zero-order valence-corrected chi connectivity index (χ0v) is 18.7. The van der Waals surface area contributed by atoms with Gasteiger partial charge in [-0.15, -0.1) is 0 Å². The average Bonchev–Trinajstić information content (AvgIpc) is 2.76. The van der Waals surface area contributed by atoms with Gasteiger partial charge in [0.2, 0.25) is 0 Å². The summed E-state index contributed by atoms with van der Waals surface area (Å²) in [6, 6.07) is 29.6. The highest BCUT2D eigenvalue weighted by molar-refractivity contribution is 5.51. The van der Waals surface area contributed by atoms with Gasteiger partial charge in [-0.1, -0.05) is 78.9 Å². The first-order chi connectivity index (χ1) is 15.0. The second-order valence-electron chi connectivity index (χ2n) is 8.51. The molecule has 156 valence electrons. The van der Waals surface area contributed by atoms with Crippen molar-refractivity contribution in [3.05, 3.63) is 135 Å². The fourth-order valence-electron chi connectivity index (χ4n) is 4.32. The predicted molar refractivity (Wildman–Crippen MR) is 130 cm³/mol. The number of aryl methyl sites for hydroxylation is 3. The Morgan fingerprint density at radius 3 is 1.35 bits per heavy atom. The Kier molecular flexibility index (Phi) is 6.23. The minimum Gasteiger partial charge on any atom is -0.508 e. The third-order valence-electron chi connectivity index (χ3n) is 6.40. The second kappa shape index (κ2) is 9.22. The predicted octanol–water partition coefficient (Wildman–Crippen LogP) is 7.09. The molecule has 0 radical (unpaired) electrons. The zero-order valence-electron chi connectivity index (χ0n) is 18.7. The Morgan fingerprint density at radius 2 is 0.871 bits per heavy atom. The zero-order chi connectivity index (χ0) is 21.8. The van der Waals surface area contributed by atoms with Crippen LogP contribution in [0.25, 0.3) is 0 Å². The van der Waals surface area contributed by atoms with E-state index in [0.29, 0.717) is 5.75 Å². The minimum absolute atomic E-state index is 0.389. The van der Waals surface area contributed by atoms with Crippen LogP contribution in [0.4, 0.5) is 0 Å². The molecule has 0 aliphatic heterocycles. The molecule has 0 bridgehead atoms. The summed E-state index contributed by atoms with van der Waals surface area (Å²) >= 11 is 0. The van der Waals surface area contributed by atoms with Crippen LogP contribution in [-0.2, 0) is 19.3 Å². The first kappa shape index (κ1) is 20.9. The van der Waals surface area contributed by atoms with Gasteiger partial charge in [0.1, 0.15) is 5.75 Å². The minimum atomic E-state index is 0.389. The largest absolute Gasteiger partial charge is 0.508 e. The van der Waals surface area contributed by atoms with Crippen LogP contribution in [0.15, 0.2) is 84.9 Å². The lowest BCUT2D eigenvalue weighted by Crippen LogP contribution is -2.06. The smallest absolute Gasteiger partial charge is 0.119 e. The van der Waals surface area contributed by atoms with Crippen molar-refractivity contribution in [2.24, 2.45) is 0 Å². The number of rotatable bonds is 6. The Morgan fingerprint density at radius 1 is 0.452 bits per heavy atom. The molecule has 4 aromatic rings. The number of phenols is 1. The first-order valence-corrected chi connectivity index (χ1v) is 11.0. The molecule has 1 heteroatoms. The molecule has 0 aliphatic rings. The van der Waals surface area contributed by atoms with Gasteiger partial charge < -0.3 is 5.11 Å². The quantitative estimate of drug-likeness (QED) is 0.362. The Labute approximate surface area is 186 Å². The number of aromatic hydroxyl groups is 1. The standard InChI is InChI=1S/C30H30O/c1-21-10-4-7-13-24(21)18-27-16-17-30(31)29(20-26-15-9-6-12-23(26)3)28(27)19-25-14-8-5-11-22(25)2/h4-17,31H,18-20H2,1-3H3. The van der Waals surface area contributed by atoms with E-state index in [9.17, 15) is 5.11 Å². The molecular formula is C30H30O. The van der Waals surface area contributed by atoms with Crippen LogP contribution in [0.2, 0.25) is 0 Å². The number of hydrogen-bond acceptors (Lipinski definition) is 1. The molecule has 31 heavy (non-hydrogen) atoms. The van der Waals surface area contributed by atoms with Crippen molar-refractivity contribution in [2.45, 2.75) is 40.0 Å². The molecule has 0 saturated heterocycles. The van der Waals surface area contributed by atoms with Crippen LogP contribution in [0.1, 0.15) is 50.1 Å². The monoisotopic (exact) mass is 406 g/mol. The van der Waals surface area contributed by atoms with Crippen molar-refractivity contribution in [1.82, 2.24) is 0 Å². The highest BCUT2D eigenvalue weighted by Crippen LogP contribution is 2.32. The summed E-state index contributed by atoms with van der Waals surface area (Å²) in [6.07, 6.45) is 2.43. The summed E-state index contributed by atoms with van der Waals surface area (Å²) in [7, 11) is 0. The third kappa shape index (κ3) is 4.72. The van der Waals surface area contributed by atoms with Gasteiger partial charge >= 0.3 is 0 Å². The van der Waals surface area contributed by atoms with Gasteiger partial charge in [0.05, 0.1) is 0 Å². The first-order valence-electron chi connectivity index (χ1n) is 11.0. The normalized spacial score (nSPS) is 10.9. The summed E-state index contributed by atoms with van der Waals surface area (Å²) in [5.74, 6) is 0.389. The molecule has 0 spiro atoms. The fraction of sp³-hybridized carbons (Fsp3) is 0.200. The van der Waals surface area contributed by atoms with E-state index in [-0.39, 0.29) is 0 Å². The van der Waals surface area contributed by atoms with Gasteiger partial charge in [-0.05, 0) is 84.2 Å². The van der Waals surface area contributed by atoms with Crippen LogP contribution in [0, 0.1) is 20.8 Å². The van der Waals surface area contributed by atoms with Gasteiger partial charge in [-0.25, -0.2) is 0 Å². The van der Waals surface area contributed by atoms with E-state index in [2.05, 4.69) is 99.6 Å². The molecule has 0 aliphatic carbocycles. The number of benzene rings is 4. The molecular weight excluding hydrogens is 376 g/mol. The summed E-state index contributed by atoms with van der Waals surface area (Å²) in [4.78, 5) is 0. The summed E-state index contributed by atoms with van der Waals surface area (Å²) in [5.41, 5.74) is 11.3. The Bertz CT molecular complexity index is 1200. The van der Waals surface area contributed by atoms with Gasteiger partial charge in [0.15, 0.2) is 0 Å². The highest BCUT2D eigenvalue weighted by atomic mass is 16.3. The van der Waals surface area contributed by atoms with Crippen molar-refractivity contribution in [2.75, 3.05) is 0 Å². The molecule has 1 N–H and O–H groups in total. The van der Waals surface area contributed by atoms with Gasteiger partial charge in [-0.3, -0.25) is 0 Å². The van der Waals surface area contributed by atoms with E-state index in [1.807, 2.05) is 6.07 Å². The highest BCUT2D eigenvalue weighted by Gasteiger charge is 2.17. The van der Waals surface area contributed by atoms with Crippen molar-refractivity contribution < 1.29 is 5.11 Å². The summed E-state index contributed by atoms with van der Waals surface area (Å²) in [6.45, 7) is 6.48. The fourth-order valence-corrected chi connectivity index (χ4v) is 4.32. The van der Waals surface area contributed by atoms with Crippen molar-refractivity contribution in [3.63, 3.8) is 0 Å². The van der Waals surface area contributed by atoms with Crippen LogP contribution in [-0.4, -0.2) is 5.11 Å². The lowest BCUT2D eigenvalue weighted by molar-refractivity contribution is 0.468. The SMILES string of the molecule is Cc1ccccc1Cc1ccc(O)c(Cc2ccccc2C)c1Cc1ccccc1C. The topological polar surface area (TPSA) is 20.2 Å². The Balaban J connectivity index is 1.83. The average molecular weight is 407 g/mol. The molecule has 0 saturated carbocycles. The maximum Gasteiger partial charge on any atom is 0.119 e.